The van der Waals surface area contributed by atoms with E-state index in [1.54, 1.807) is 6.07 Å². The number of rotatable bonds is 10. The molecule has 3 rings (SSSR count). The highest BCUT2D eigenvalue weighted by Crippen LogP contribution is 2.54. The molecular formula is C25H37FN2O6. The van der Waals surface area contributed by atoms with Gasteiger partial charge in [0.15, 0.2) is 0 Å². The van der Waals surface area contributed by atoms with Gasteiger partial charge in [0.2, 0.25) is 0 Å². The molecule has 0 radical (unpaired) electrons. The number of benzene rings is 1. The molecule has 0 aromatic heterocycles. The molecule has 9 heteroatoms. The molecule has 34 heavy (non-hydrogen) atoms. The molecule has 1 aromatic carbocycles. The Bertz CT molecular complexity index is 833. The summed E-state index contributed by atoms with van der Waals surface area (Å²) in [6.07, 6.45) is 4.98. The van der Waals surface area contributed by atoms with E-state index in [0.717, 1.165) is 38.8 Å². The van der Waals surface area contributed by atoms with Gasteiger partial charge in [0.25, 0.3) is 5.91 Å². The Kier molecular flexibility index (Phi) is 9.13. The highest BCUT2D eigenvalue weighted by molar-refractivity contribution is 5.94. The van der Waals surface area contributed by atoms with Gasteiger partial charge in [0, 0.05) is 25.7 Å². The van der Waals surface area contributed by atoms with Crippen LogP contribution in [0.1, 0.15) is 62.7 Å². The van der Waals surface area contributed by atoms with Crippen molar-refractivity contribution in [2.45, 2.75) is 64.6 Å². The molecule has 2 amide bonds. The smallest absolute Gasteiger partial charge is 0.410 e. The fourth-order valence-corrected chi connectivity index (χ4v) is 4.92. The number of nitrogens with zero attached hydrogens (tertiary/aromatic N) is 1. The largest absolute Gasteiger partial charge is 0.493 e. The summed E-state index contributed by atoms with van der Waals surface area (Å²) >= 11 is 0. The van der Waals surface area contributed by atoms with Crippen LogP contribution in [0.3, 0.4) is 0 Å². The van der Waals surface area contributed by atoms with Crippen molar-refractivity contribution in [2.24, 2.45) is 11.3 Å². The van der Waals surface area contributed by atoms with Crippen LogP contribution in [0.5, 0.6) is 5.75 Å². The van der Waals surface area contributed by atoms with E-state index >= 15 is 0 Å². The summed E-state index contributed by atoms with van der Waals surface area (Å²) in [4.78, 5) is 25.9. The van der Waals surface area contributed by atoms with Gasteiger partial charge in [0.1, 0.15) is 11.6 Å². The van der Waals surface area contributed by atoms with Crippen molar-refractivity contribution in [2.75, 3.05) is 32.8 Å². The van der Waals surface area contributed by atoms with E-state index < -0.39 is 24.4 Å². The van der Waals surface area contributed by atoms with Crippen LogP contribution in [0.25, 0.3) is 0 Å². The van der Waals surface area contributed by atoms with Crippen molar-refractivity contribution in [3.05, 3.63) is 29.6 Å². The van der Waals surface area contributed by atoms with Gasteiger partial charge in [0.05, 0.1) is 31.0 Å². The number of aliphatic hydroxyl groups excluding tert-OH is 2. The number of amides is 2. The number of carbonyl (C=O) groups excluding carboxylic acids is 2. The Labute approximate surface area is 200 Å². The molecule has 2 fully saturated rings. The van der Waals surface area contributed by atoms with E-state index in [2.05, 4.69) is 5.32 Å². The minimum Gasteiger partial charge on any atom is -0.493 e. The topological polar surface area (TPSA) is 108 Å². The highest BCUT2D eigenvalue weighted by atomic mass is 19.1. The second-order valence-corrected chi connectivity index (χ2v) is 9.87. The van der Waals surface area contributed by atoms with Crippen molar-refractivity contribution >= 4 is 12.0 Å². The van der Waals surface area contributed by atoms with E-state index in [0.29, 0.717) is 23.7 Å². The zero-order chi connectivity index (χ0) is 24.7. The number of carbonyl (C=O) groups is 2. The Morgan fingerprint density at radius 1 is 1.26 bits per heavy atom. The Morgan fingerprint density at radius 2 is 1.97 bits per heavy atom. The molecule has 1 aromatic rings. The number of aliphatic hydroxyl groups is 2. The fourth-order valence-electron chi connectivity index (χ4n) is 4.92. The molecule has 8 nitrogen and oxygen atoms in total. The van der Waals surface area contributed by atoms with E-state index in [-0.39, 0.29) is 24.3 Å². The maximum atomic E-state index is 14.3. The second-order valence-electron chi connectivity index (χ2n) is 9.87. The maximum Gasteiger partial charge on any atom is 0.410 e. The third-order valence-corrected chi connectivity index (χ3v) is 6.78. The summed E-state index contributed by atoms with van der Waals surface area (Å²) in [5.41, 5.74) is 0.230. The molecule has 1 aliphatic heterocycles. The predicted molar refractivity (Wildman–Crippen MR) is 124 cm³/mol. The minimum atomic E-state index is -1.08. The molecule has 3 N–H and O–H groups in total. The normalized spacial score (nSPS) is 18.5. The van der Waals surface area contributed by atoms with Crippen LogP contribution in [0.4, 0.5) is 9.18 Å². The first-order chi connectivity index (χ1) is 16.2. The summed E-state index contributed by atoms with van der Waals surface area (Å²) in [6.45, 7) is 5.10. The van der Waals surface area contributed by atoms with Crippen LogP contribution in [-0.4, -0.2) is 72.2 Å². The predicted octanol–water partition coefficient (Wildman–Crippen LogP) is 3.10. The zero-order valence-corrected chi connectivity index (χ0v) is 20.1. The Morgan fingerprint density at radius 3 is 2.59 bits per heavy atom. The van der Waals surface area contributed by atoms with E-state index in [1.165, 1.54) is 25.0 Å². The molecule has 2 aliphatic rings. The number of likely N-dealkylation sites (tertiary alicyclic amines) is 1. The zero-order valence-electron chi connectivity index (χ0n) is 20.1. The summed E-state index contributed by atoms with van der Waals surface area (Å²) in [7, 11) is 0. The molecule has 1 saturated heterocycles. The van der Waals surface area contributed by atoms with Gasteiger partial charge in [-0.1, -0.05) is 0 Å². The number of piperidine rings is 1. The van der Waals surface area contributed by atoms with Crippen molar-refractivity contribution in [3.8, 4) is 5.75 Å². The monoisotopic (exact) mass is 480 g/mol. The average Bonchev–Trinajstić information content (AvgIpc) is 2.78. The lowest BCUT2D eigenvalue weighted by Crippen LogP contribution is -2.49. The number of hydrogen-bond donors (Lipinski definition) is 3. The molecule has 1 spiro atoms. The molecule has 190 valence electrons. The van der Waals surface area contributed by atoms with Gasteiger partial charge in [-0.3, -0.25) is 4.79 Å². The van der Waals surface area contributed by atoms with Gasteiger partial charge < -0.3 is 29.9 Å². The quantitative estimate of drug-likeness (QED) is 0.444. The fraction of sp³-hybridized carbons (Fsp3) is 0.680. The van der Waals surface area contributed by atoms with Crippen LogP contribution in [0.15, 0.2) is 18.2 Å². The lowest BCUT2D eigenvalue weighted by atomic mass is 9.56. The maximum absolute atomic E-state index is 14.3. The van der Waals surface area contributed by atoms with E-state index in [4.69, 9.17) is 14.6 Å². The van der Waals surface area contributed by atoms with Crippen LogP contribution in [-0.2, 0) is 4.74 Å². The summed E-state index contributed by atoms with van der Waals surface area (Å²) < 4.78 is 25.2. The first kappa shape index (κ1) is 26.2. The van der Waals surface area contributed by atoms with Crippen molar-refractivity contribution < 1.29 is 33.7 Å². The summed E-state index contributed by atoms with van der Waals surface area (Å²) in [5, 5.41) is 20.4. The Balaban J connectivity index is 1.32. The lowest BCUT2D eigenvalue weighted by Gasteiger charge is -2.52. The van der Waals surface area contributed by atoms with Crippen molar-refractivity contribution in [1.29, 1.82) is 0 Å². The van der Waals surface area contributed by atoms with Gasteiger partial charge in [-0.15, -0.1) is 0 Å². The van der Waals surface area contributed by atoms with Crippen LogP contribution >= 0.6 is 0 Å². The molecule has 1 aliphatic carbocycles. The number of hydrogen-bond acceptors (Lipinski definition) is 6. The molecule has 0 unspecified atom stereocenters. The number of ether oxygens (including phenoxy) is 2. The summed E-state index contributed by atoms with van der Waals surface area (Å²) in [6, 6.07) is 4.09. The minimum absolute atomic E-state index is 0.0926. The average molecular weight is 481 g/mol. The van der Waals surface area contributed by atoms with Crippen molar-refractivity contribution in [1.82, 2.24) is 10.2 Å². The molecule has 0 bridgehead atoms. The standard InChI is InChI=1S/C25H37FN2O6/c1-17(2)34-24(32)28-9-7-25(8-10-28)13-18(14-25)4-3-11-33-20-5-6-21(22(26)12-20)23(31)27-15-19(30)16-29/h5-6,12,17-19,29-30H,3-4,7-11,13-16H2,1-2H3,(H,27,31)/t19-/m1/s1. The van der Waals surface area contributed by atoms with Crippen LogP contribution in [0.2, 0.25) is 0 Å². The Hall–Kier alpha value is -2.39. The molecule has 1 atom stereocenters. The van der Waals surface area contributed by atoms with Gasteiger partial charge in [-0.05, 0) is 75.8 Å². The first-order valence-corrected chi connectivity index (χ1v) is 12.2. The van der Waals surface area contributed by atoms with Gasteiger partial charge in [-0.25, -0.2) is 9.18 Å². The third-order valence-electron chi connectivity index (χ3n) is 6.78. The molecule has 1 saturated carbocycles. The van der Waals surface area contributed by atoms with E-state index in [1.807, 2.05) is 18.7 Å². The lowest BCUT2D eigenvalue weighted by molar-refractivity contribution is -0.0203. The van der Waals surface area contributed by atoms with Gasteiger partial charge >= 0.3 is 6.09 Å². The third kappa shape index (κ3) is 7.06. The van der Waals surface area contributed by atoms with E-state index in [9.17, 15) is 19.1 Å². The second kappa shape index (κ2) is 11.8. The van der Waals surface area contributed by atoms with Gasteiger partial charge in [-0.2, -0.15) is 0 Å². The first-order valence-electron chi connectivity index (χ1n) is 12.2. The molecular weight excluding hydrogens is 443 g/mol. The van der Waals surface area contributed by atoms with Crippen molar-refractivity contribution in [3.63, 3.8) is 0 Å². The van der Waals surface area contributed by atoms with Crippen LogP contribution < -0.4 is 10.1 Å². The number of halogens is 1. The SMILES string of the molecule is CC(C)OC(=O)N1CCC2(CC1)CC(CCCOc1ccc(C(=O)NC[C@@H](O)CO)c(F)c1)C2. The molecule has 1 heterocycles. The highest BCUT2D eigenvalue weighted by Gasteiger charge is 2.46. The van der Waals surface area contributed by atoms with Crippen LogP contribution in [0, 0.1) is 17.2 Å². The summed E-state index contributed by atoms with van der Waals surface area (Å²) in [5.74, 6) is -0.318. The number of nitrogens with one attached hydrogen (secondary N) is 1.